The number of hydrogen-bond donors (Lipinski definition) is 3. The summed E-state index contributed by atoms with van der Waals surface area (Å²) in [6, 6.07) is 31.2. The molecule has 0 saturated carbocycles. The van der Waals surface area contributed by atoms with Gasteiger partial charge in [0.2, 0.25) is 23.4 Å². The van der Waals surface area contributed by atoms with Crippen molar-refractivity contribution in [2.75, 3.05) is 52.6 Å². The molecule has 4 aliphatic heterocycles. The van der Waals surface area contributed by atoms with Gasteiger partial charge in [-0.2, -0.15) is 9.97 Å². The van der Waals surface area contributed by atoms with Gasteiger partial charge in [0.1, 0.15) is 0 Å². The molecule has 6 heterocycles. The molecular weight excluding hydrogens is 837 g/mol. The Morgan fingerprint density at radius 3 is 1.58 bits per heavy atom. The number of carboxylic acid groups (broad SMARTS) is 1. The van der Waals surface area contributed by atoms with E-state index in [-0.39, 0.29) is 30.0 Å². The van der Waals surface area contributed by atoms with Gasteiger partial charge in [0.05, 0.1) is 5.56 Å². The molecule has 15 heteroatoms. The van der Waals surface area contributed by atoms with Crippen LogP contribution in [0, 0.1) is 13.8 Å². The lowest BCUT2D eigenvalue weighted by Crippen LogP contribution is -2.59. The minimum absolute atomic E-state index is 0. The number of amides is 1. The summed E-state index contributed by atoms with van der Waals surface area (Å²) in [5.74, 6) is 0.776. The molecule has 2 saturated heterocycles. The van der Waals surface area contributed by atoms with E-state index < -0.39 is 5.97 Å². The van der Waals surface area contributed by atoms with Crippen LogP contribution in [0.25, 0.3) is 22.8 Å². The minimum atomic E-state index is -0.975. The highest BCUT2D eigenvalue weighted by molar-refractivity contribution is 5.95. The standard InChI is InChI=1S/C25H28N4O3.C15H22N2O.C10H8N2O3.CH4/c1-18-27-23(28-32-18)20-7-4-8-21(15-20)24(30)26-17-25(10-13-31-14-11-25)29-12-9-19-5-2-3-6-22(19)16-29;16-12-15(6-9-18-10-7-15)17-8-5-13-3-1-2-4-14(13)11-17;1-6-11-9(12-15-6)7-3-2-4-8(5-7)10(13)14;/h2-8,15H,9-14,16-17H2,1H3,(H,26,30);1-4H,5-12,16H2;2-5H,1H3,(H,13,14);1H4. The smallest absolute Gasteiger partial charge is 0.335 e. The quantitative estimate of drug-likeness (QED) is 0.131. The molecule has 2 fully saturated rings. The Bertz CT molecular complexity index is 2540. The van der Waals surface area contributed by atoms with Crippen LogP contribution in [0.15, 0.2) is 106 Å². The molecular formula is C51H62N8O7. The van der Waals surface area contributed by atoms with Crippen molar-refractivity contribution in [3.63, 3.8) is 0 Å². The molecule has 0 bridgehead atoms. The van der Waals surface area contributed by atoms with Crippen molar-refractivity contribution in [1.29, 1.82) is 0 Å². The Morgan fingerprint density at radius 1 is 0.652 bits per heavy atom. The fraction of sp³-hybridized carbons (Fsp3) is 0.412. The van der Waals surface area contributed by atoms with Crippen molar-refractivity contribution in [2.45, 2.75) is 84.0 Å². The number of aromatic nitrogens is 4. The normalized spacial score (nSPS) is 17.6. The van der Waals surface area contributed by atoms with Crippen molar-refractivity contribution >= 4 is 11.9 Å². The zero-order valence-electron chi connectivity index (χ0n) is 37.2. The molecule has 0 spiro atoms. The second-order valence-electron chi connectivity index (χ2n) is 17.2. The molecule has 348 valence electrons. The number of aryl methyl sites for hydroxylation is 2. The highest BCUT2D eigenvalue weighted by atomic mass is 16.5. The molecule has 0 radical (unpaired) electrons. The summed E-state index contributed by atoms with van der Waals surface area (Å²) < 4.78 is 21.1. The number of carboxylic acids is 1. The maximum Gasteiger partial charge on any atom is 0.335 e. The third-order valence-corrected chi connectivity index (χ3v) is 13.2. The molecule has 6 aromatic rings. The molecule has 0 unspecified atom stereocenters. The zero-order chi connectivity index (χ0) is 45.2. The predicted molar refractivity (Wildman–Crippen MR) is 251 cm³/mol. The third-order valence-electron chi connectivity index (χ3n) is 13.2. The maximum absolute atomic E-state index is 13.1. The van der Waals surface area contributed by atoms with Gasteiger partial charge < -0.3 is 34.7 Å². The number of nitrogens with one attached hydrogen (secondary N) is 1. The van der Waals surface area contributed by atoms with Crippen molar-refractivity contribution in [1.82, 2.24) is 35.4 Å². The molecule has 66 heavy (non-hydrogen) atoms. The highest BCUT2D eigenvalue weighted by Crippen LogP contribution is 2.34. The summed E-state index contributed by atoms with van der Waals surface area (Å²) in [4.78, 5) is 37.2. The average Bonchev–Trinajstić information content (AvgIpc) is 4.01. The van der Waals surface area contributed by atoms with E-state index in [4.69, 9.17) is 29.4 Å². The van der Waals surface area contributed by atoms with Crippen molar-refractivity contribution in [3.8, 4) is 22.8 Å². The van der Waals surface area contributed by atoms with Crippen LogP contribution in [-0.4, -0.2) is 111 Å². The van der Waals surface area contributed by atoms with E-state index in [9.17, 15) is 9.59 Å². The Hall–Kier alpha value is -6.10. The van der Waals surface area contributed by atoms with E-state index in [1.54, 1.807) is 26.0 Å². The largest absolute Gasteiger partial charge is 0.478 e. The van der Waals surface area contributed by atoms with Gasteiger partial charge in [-0.15, -0.1) is 0 Å². The molecule has 1 amide bonds. The topological polar surface area (TPSA) is 195 Å². The van der Waals surface area contributed by atoms with Crippen LogP contribution in [0.2, 0.25) is 0 Å². The van der Waals surface area contributed by atoms with Crippen LogP contribution in [-0.2, 0) is 35.4 Å². The third kappa shape index (κ3) is 11.3. The van der Waals surface area contributed by atoms with Crippen molar-refractivity contribution in [2.24, 2.45) is 5.73 Å². The summed E-state index contributed by atoms with van der Waals surface area (Å²) >= 11 is 0. The average molecular weight is 899 g/mol. The van der Waals surface area contributed by atoms with Gasteiger partial charge in [0.25, 0.3) is 5.91 Å². The van der Waals surface area contributed by atoms with Gasteiger partial charge >= 0.3 is 5.97 Å². The molecule has 4 aromatic carbocycles. The first-order valence-electron chi connectivity index (χ1n) is 22.5. The monoisotopic (exact) mass is 898 g/mol. The molecule has 0 atom stereocenters. The Kier molecular flexibility index (Phi) is 15.9. The summed E-state index contributed by atoms with van der Waals surface area (Å²) in [7, 11) is 0. The summed E-state index contributed by atoms with van der Waals surface area (Å²) in [6.07, 6.45) is 6.17. The lowest BCUT2D eigenvalue weighted by atomic mass is 9.85. The van der Waals surface area contributed by atoms with Crippen LogP contribution < -0.4 is 11.1 Å². The minimum Gasteiger partial charge on any atom is -0.478 e. The lowest BCUT2D eigenvalue weighted by Gasteiger charge is -2.48. The number of fused-ring (bicyclic) bond motifs is 2. The number of nitrogens with zero attached hydrogens (tertiary/aromatic N) is 6. The van der Waals surface area contributed by atoms with Gasteiger partial charge in [-0.3, -0.25) is 14.6 Å². The second kappa shape index (κ2) is 21.9. The first-order chi connectivity index (χ1) is 31.6. The number of nitrogens with two attached hydrogens (primary N) is 1. The predicted octanol–water partition coefficient (Wildman–Crippen LogP) is 7.31. The van der Waals surface area contributed by atoms with Crippen LogP contribution in [0.4, 0.5) is 0 Å². The second-order valence-corrected chi connectivity index (χ2v) is 17.2. The van der Waals surface area contributed by atoms with Crippen molar-refractivity contribution < 1.29 is 33.2 Å². The zero-order valence-corrected chi connectivity index (χ0v) is 37.2. The van der Waals surface area contributed by atoms with E-state index in [0.29, 0.717) is 41.1 Å². The van der Waals surface area contributed by atoms with E-state index in [1.807, 2.05) is 24.3 Å². The molecule has 10 rings (SSSR count). The lowest BCUT2D eigenvalue weighted by molar-refractivity contribution is -0.0339. The maximum atomic E-state index is 13.1. The SMILES string of the molecule is C.Cc1nc(-c2cccc(C(=O)NCC3(N4CCc5ccccc5C4)CCOCC3)c2)no1.Cc1nc(-c2cccc(C(=O)O)c2)no1.NCC1(N2CCc3ccccc3C2)CCOCC1. The van der Waals surface area contributed by atoms with Gasteiger partial charge in [0, 0.05) is 107 Å². The van der Waals surface area contributed by atoms with Crippen LogP contribution in [0.3, 0.4) is 0 Å². The summed E-state index contributed by atoms with van der Waals surface area (Å²) in [6.45, 7) is 12.0. The summed E-state index contributed by atoms with van der Waals surface area (Å²) in [5.41, 5.74) is 14.2. The number of ether oxygens (including phenoxy) is 2. The molecule has 0 aliphatic carbocycles. The molecule has 15 nitrogen and oxygen atoms in total. The van der Waals surface area contributed by atoms with Crippen LogP contribution >= 0.6 is 0 Å². The number of rotatable bonds is 9. The van der Waals surface area contributed by atoms with Gasteiger partial charge in [0.15, 0.2) is 0 Å². The summed E-state index contributed by atoms with van der Waals surface area (Å²) in [5, 5.41) is 19.7. The fourth-order valence-electron chi connectivity index (χ4n) is 9.33. The number of carbonyl (C=O) groups is 2. The Balaban J connectivity index is 0.000000161. The van der Waals surface area contributed by atoms with Gasteiger partial charge in [-0.05, 0) is 85.0 Å². The van der Waals surface area contributed by atoms with Gasteiger partial charge in [-0.1, -0.05) is 90.5 Å². The van der Waals surface area contributed by atoms with E-state index in [2.05, 4.69) is 83.9 Å². The first-order valence-corrected chi connectivity index (χ1v) is 22.5. The van der Waals surface area contributed by atoms with Crippen LogP contribution in [0.1, 0.15) is 87.9 Å². The molecule has 2 aromatic heterocycles. The van der Waals surface area contributed by atoms with E-state index >= 15 is 0 Å². The molecule has 4 N–H and O–H groups in total. The van der Waals surface area contributed by atoms with Crippen molar-refractivity contribution in [3.05, 3.63) is 142 Å². The molecule has 4 aliphatic rings. The number of carbonyl (C=O) groups excluding carboxylic acids is 1. The number of aromatic carboxylic acids is 1. The Labute approximate surface area is 386 Å². The number of benzene rings is 4. The van der Waals surface area contributed by atoms with E-state index in [0.717, 1.165) is 103 Å². The highest BCUT2D eigenvalue weighted by Gasteiger charge is 2.41. The number of hydrogen-bond acceptors (Lipinski definition) is 13. The first kappa shape index (κ1) is 47.9. The van der Waals surface area contributed by atoms with Gasteiger partial charge in [-0.25, -0.2) is 4.79 Å². The van der Waals surface area contributed by atoms with E-state index in [1.165, 1.54) is 34.4 Å². The Morgan fingerprint density at radius 2 is 1.11 bits per heavy atom. The fourth-order valence-corrected chi connectivity index (χ4v) is 9.33. The van der Waals surface area contributed by atoms with Crippen LogP contribution in [0.5, 0.6) is 0 Å².